The summed E-state index contributed by atoms with van der Waals surface area (Å²) in [6.07, 6.45) is 6.32. The van der Waals surface area contributed by atoms with Gasteiger partial charge in [-0.3, -0.25) is 9.80 Å². The van der Waals surface area contributed by atoms with Gasteiger partial charge in [0.15, 0.2) is 14.6 Å². The zero-order valence-electron chi connectivity index (χ0n) is 22.4. The van der Waals surface area contributed by atoms with Gasteiger partial charge in [-0.05, 0) is 75.0 Å². The number of piperazine rings is 1. The number of carbonyl (C=O) groups excluding carboxylic acids is 1. The van der Waals surface area contributed by atoms with Crippen molar-refractivity contribution >= 4 is 49.5 Å². The second-order valence-corrected chi connectivity index (χ2v) is 13.9. The normalized spacial score (nSPS) is 25.2. The van der Waals surface area contributed by atoms with E-state index in [0.717, 1.165) is 46.0 Å². The molecule has 208 valence electrons. The number of morpholine rings is 1. The summed E-state index contributed by atoms with van der Waals surface area (Å²) in [7, 11) is 0. The van der Waals surface area contributed by atoms with Crippen LogP contribution in [0.5, 0.6) is 6.01 Å². The number of aromatic nitrogens is 3. The van der Waals surface area contributed by atoms with Crippen LogP contribution in [-0.4, -0.2) is 100 Å². The lowest BCUT2D eigenvalue weighted by Crippen LogP contribution is -2.67. The highest BCUT2D eigenvalue weighted by Gasteiger charge is 2.46. The number of amides is 1. The van der Waals surface area contributed by atoms with Crippen LogP contribution in [0.25, 0.3) is 10.3 Å². The van der Waals surface area contributed by atoms with Crippen LogP contribution in [0.4, 0.5) is 10.6 Å². The minimum absolute atomic E-state index is 0.124. The van der Waals surface area contributed by atoms with E-state index in [0.29, 0.717) is 38.9 Å². The minimum Gasteiger partial charge on any atom is -0.461 e. The Morgan fingerprint density at radius 2 is 1.87 bits per heavy atom. The molecule has 4 aliphatic rings. The molecule has 0 aliphatic carbocycles. The van der Waals surface area contributed by atoms with E-state index >= 15 is 0 Å². The van der Waals surface area contributed by atoms with Gasteiger partial charge in [0.2, 0.25) is 0 Å². The Morgan fingerprint density at radius 1 is 1.16 bits per heavy atom. The number of thiazole rings is 1. The average molecular weight is 610 g/mol. The summed E-state index contributed by atoms with van der Waals surface area (Å²) >= 11 is 5.02. The molecule has 2 aromatic heterocycles. The Labute approximate surface area is 236 Å². The van der Waals surface area contributed by atoms with Crippen molar-refractivity contribution in [3.8, 4) is 6.01 Å². The monoisotopic (exact) mass is 608 g/mol. The Balaban J connectivity index is 1.24. The maximum atomic E-state index is 13.3. The highest BCUT2D eigenvalue weighted by molar-refractivity contribution is 9.11. The number of carbonyl (C=O) groups is 1. The Morgan fingerprint density at radius 3 is 2.55 bits per heavy atom. The third-order valence-electron chi connectivity index (χ3n) is 8.47. The van der Waals surface area contributed by atoms with Crippen LogP contribution in [0, 0.1) is 0 Å². The molecule has 2 atom stereocenters. The van der Waals surface area contributed by atoms with Crippen molar-refractivity contribution in [3.05, 3.63) is 3.92 Å². The highest BCUT2D eigenvalue weighted by atomic mass is 79.9. The summed E-state index contributed by atoms with van der Waals surface area (Å²) in [5.41, 5.74) is 0.387. The molecule has 6 heterocycles. The van der Waals surface area contributed by atoms with Crippen LogP contribution in [-0.2, 0) is 9.47 Å². The van der Waals surface area contributed by atoms with Crippen molar-refractivity contribution in [2.24, 2.45) is 0 Å². The number of ether oxygens (including phenoxy) is 3. The molecule has 38 heavy (non-hydrogen) atoms. The number of nitrogens with zero attached hydrogens (tertiary/aromatic N) is 6. The van der Waals surface area contributed by atoms with E-state index in [4.69, 9.17) is 29.2 Å². The fraction of sp³-hybridized carbons (Fsp3) is 0.769. The van der Waals surface area contributed by atoms with Gasteiger partial charge in [0, 0.05) is 13.1 Å². The molecule has 0 saturated carbocycles. The van der Waals surface area contributed by atoms with Crippen molar-refractivity contribution in [1.29, 1.82) is 0 Å². The molecule has 12 heteroatoms. The second kappa shape index (κ2) is 10.3. The summed E-state index contributed by atoms with van der Waals surface area (Å²) < 4.78 is 18.9. The fourth-order valence-electron chi connectivity index (χ4n) is 6.79. The lowest BCUT2D eigenvalue weighted by molar-refractivity contribution is -0.0707. The fourth-order valence-corrected chi connectivity index (χ4v) is 8.08. The predicted molar refractivity (Wildman–Crippen MR) is 149 cm³/mol. The molecule has 1 amide bonds. The van der Waals surface area contributed by atoms with Crippen molar-refractivity contribution in [3.63, 3.8) is 0 Å². The highest BCUT2D eigenvalue weighted by Crippen LogP contribution is 2.40. The van der Waals surface area contributed by atoms with Crippen LogP contribution in [0.1, 0.15) is 59.3 Å². The van der Waals surface area contributed by atoms with Crippen LogP contribution < -0.4 is 9.64 Å². The number of fused-ring (bicyclic) bond motifs is 4. The number of anilines is 1. The van der Waals surface area contributed by atoms with Crippen LogP contribution >= 0.6 is 27.3 Å². The molecular formula is C26H37BrN6O4S. The molecule has 10 nitrogen and oxygen atoms in total. The van der Waals surface area contributed by atoms with E-state index in [9.17, 15) is 4.79 Å². The Hall–Kier alpha value is -1.76. The van der Waals surface area contributed by atoms with Gasteiger partial charge < -0.3 is 19.1 Å². The van der Waals surface area contributed by atoms with Gasteiger partial charge in [-0.25, -0.2) is 9.78 Å². The van der Waals surface area contributed by atoms with E-state index in [-0.39, 0.29) is 23.7 Å². The molecule has 2 bridgehead atoms. The number of hydrogen-bond acceptors (Lipinski definition) is 10. The van der Waals surface area contributed by atoms with Crippen molar-refractivity contribution < 1.29 is 19.0 Å². The van der Waals surface area contributed by atoms with E-state index < -0.39 is 5.60 Å². The minimum atomic E-state index is -0.496. The summed E-state index contributed by atoms with van der Waals surface area (Å²) in [6, 6.07) is 0.142. The first kappa shape index (κ1) is 26.5. The first-order valence-corrected chi connectivity index (χ1v) is 15.4. The summed E-state index contributed by atoms with van der Waals surface area (Å²) in [4.78, 5) is 35.1. The van der Waals surface area contributed by atoms with Crippen LogP contribution in [0.15, 0.2) is 3.92 Å². The van der Waals surface area contributed by atoms with Gasteiger partial charge in [-0.1, -0.05) is 24.7 Å². The lowest BCUT2D eigenvalue weighted by atomic mass is 9.95. The molecule has 0 spiro atoms. The van der Waals surface area contributed by atoms with Gasteiger partial charge >= 0.3 is 12.1 Å². The maximum absolute atomic E-state index is 13.3. The van der Waals surface area contributed by atoms with E-state index in [1.165, 1.54) is 37.0 Å². The third-order valence-corrected chi connectivity index (χ3v) is 9.87. The van der Waals surface area contributed by atoms with E-state index in [1.54, 1.807) is 0 Å². The van der Waals surface area contributed by atoms with Crippen molar-refractivity contribution in [2.45, 2.75) is 82.5 Å². The summed E-state index contributed by atoms with van der Waals surface area (Å²) in [5, 5.41) is 0. The molecule has 0 N–H and O–H groups in total. The zero-order valence-corrected chi connectivity index (χ0v) is 24.9. The molecular weight excluding hydrogens is 572 g/mol. The lowest BCUT2D eigenvalue weighted by Gasteiger charge is -2.49. The molecule has 0 radical (unpaired) electrons. The molecule has 0 aromatic carbocycles. The van der Waals surface area contributed by atoms with Gasteiger partial charge in [-0.15, -0.1) is 0 Å². The SMILES string of the molecule is CCCC(C)(C)OC(=O)N1C2COCC1CN(c1nc(OCC34CCCN3CCC4)nc3sc(Br)nc13)C2. The average Bonchev–Trinajstić information content (AvgIpc) is 3.54. The standard InChI is InChI=1S/C26H37BrN6O4S/c1-4-7-25(2,3)37-24(34)33-17-12-31(13-18(33)15-35-14-17)20-19-21(38-22(27)28-19)30-23(29-20)36-16-26-8-5-10-32(26)11-6-9-26/h17-18H,4-16H2,1-3H3. The topological polar surface area (TPSA) is 93.1 Å². The first-order valence-electron chi connectivity index (χ1n) is 13.8. The predicted octanol–water partition coefficient (Wildman–Crippen LogP) is 4.46. The molecule has 2 unspecified atom stereocenters. The van der Waals surface area contributed by atoms with Gasteiger partial charge in [0.05, 0.1) is 30.8 Å². The molecule has 4 saturated heterocycles. The molecule has 4 aliphatic heterocycles. The van der Waals surface area contributed by atoms with E-state index in [1.807, 2.05) is 18.7 Å². The van der Waals surface area contributed by atoms with Crippen LogP contribution in [0.2, 0.25) is 0 Å². The van der Waals surface area contributed by atoms with Crippen LogP contribution in [0.3, 0.4) is 0 Å². The number of hydrogen-bond donors (Lipinski definition) is 0. The maximum Gasteiger partial charge on any atom is 0.411 e. The molecule has 6 rings (SSSR count). The zero-order chi connectivity index (χ0) is 26.5. The number of halogens is 1. The Kier molecular flexibility index (Phi) is 7.19. The smallest absolute Gasteiger partial charge is 0.411 e. The molecule has 2 aromatic rings. The largest absolute Gasteiger partial charge is 0.461 e. The van der Waals surface area contributed by atoms with Gasteiger partial charge in [0.1, 0.15) is 17.7 Å². The summed E-state index contributed by atoms with van der Waals surface area (Å²) in [5.74, 6) is 0.760. The van der Waals surface area contributed by atoms with Gasteiger partial charge in [0.25, 0.3) is 0 Å². The second-order valence-electron chi connectivity index (χ2n) is 11.7. The Bertz CT molecular complexity index is 1170. The van der Waals surface area contributed by atoms with Crippen molar-refractivity contribution in [1.82, 2.24) is 24.8 Å². The summed E-state index contributed by atoms with van der Waals surface area (Å²) in [6.45, 7) is 11.1. The first-order chi connectivity index (χ1) is 18.3. The van der Waals surface area contributed by atoms with E-state index in [2.05, 4.69) is 32.7 Å². The van der Waals surface area contributed by atoms with Crippen molar-refractivity contribution in [2.75, 3.05) is 50.9 Å². The van der Waals surface area contributed by atoms with Gasteiger partial charge in [-0.2, -0.15) is 9.97 Å². The number of rotatable bonds is 7. The quantitative estimate of drug-likeness (QED) is 0.451. The third kappa shape index (κ3) is 4.97. The molecule has 4 fully saturated rings.